The van der Waals surface area contributed by atoms with Crippen LogP contribution in [0.4, 0.5) is 5.82 Å². The van der Waals surface area contributed by atoms with Crippen LogP contribution >= 0.6 is 11.6 Å². The van der Waals surface area contributed by atoms with Gasteiger partial charge in [-0.1, -0.05) is 29.8 Å². The standard InChI is InChI=1S/C19H20ClN3O2/c20-17-6-3-15(4-7-17)5-8-18(24)22-14-16-2-1-9-21-19(16)23-10-12-25-13-11-23/h1-9H,10-14H2,(H,22,24)/b8-5+. The second kappa shape index (κ2) is 8.65. The molecule has 1 N–H and O–H groups in total. The molecule has 0 aliphatic carbocycles. The minimum atomic E-state index is -0.147. The van der Waals surface area contributed by atoms with Crippen molar-refractivity contribution in [2.24, 2.45) is 0 Å². The van der Waals surface area contributed by atoms with E-state index in [4.69, 9.17) is 16.3 Å². The molecule has 1 aromatic carbocycles. The molecule has 1 saturated heterocycles. The highest BCUT2D eigenvalue weighted by molar-refractivity contribution is 6.30. The van der Waals surface area contributed by atoms with Gasteiger partial charge >= 0.3 is 0 Å². The van der Waals surface area contributed by atoms with E-state index in [1.807, 2.05) is 24.3 Å². The molecule has 0 bridgehead atoms. The summed E-state index contributed by atoms with van der Waals surface area (Å²) in [6.07, 6.45) is 5.06. The first-order chi connectivity index (χ1) is 12.2. The predicted octanol–water partition coefficient (Wildman–Crippen LogP) is 2.90. The van der Waals surface area contributed by atoms with Gasteiger partial charge in [0.1, 0.15) is 5.82 Å². The molecule has 0 unspecified atom stereocenters. The van der Waals surface area contributed by atoms with Crippen LogP contribution in [0.1, 0.15) is 11.1 Å². The summed E-state index contributed by atoms with van der Waals surface area (Å²) in [7, 11) is 0. The Balaban J connectivity index is 1.59. The van der Waals surface area contributed by atoms with Gasteiger partial charge in [0.25, 0.3) is 0 Å². The molecule has 25 heavy (non-hydrogen) atoms. The lowest BCUT2D eigenvalue weighted by Crippen LogP contribution is -2.37. The lowest BCUT2D eigenvalue weighted by Gasteiger charge is -2.29. The van der Waals surface area contributed by atoms with Gasteiger partial charge in [0.2, 0.25) is 5.91 Å². The number of nitrogens with zero attached hydrogens (tertiary/aromatic N) is 2. The third-order valence-corrected chi connectivity index (χ3v) is 4.18. The normalized spacial score (nSPS) is 14.7. The first-order valence-corrected chi connectivity index (χ1v) is 8.58. The van der Waals surface area contributed by atoms with Crippen LogP contribution in [0, 0.1) is 0 Å². The van der Waals surface area contributed by atoms with Gasteiger partial charge < -0.3 is 15.0 Å². The summed E-state index contributed by atoms with van der Waals surface area (Å²) < 4.78 is 5.38. The number of aromatic nitrogens is 1. The fourth-order valence-electron chi connectivity index (χ4n) is 2.62. The highest BCUT2D eigenvalue weighted by Crippen LogP contribution is 2.18. The number of rotatable bonds is 5. The quantitative estimate of drug-likeness (QED) is 0.836. The molecule has 6 heteroatoms. The number of morpholine rings is 1. The summed E-state index contributed by atoms with van der Waals surface area (Å²) >= 11 is 5.85. The Morgan fingerprint density at radius 3 is 2.76 bits per heavy atom. The van der Waals surface area contributed by atoms with Gasteiger partial charge in [0.15, 0.2) is 0 Å². The third kappa shape index (κ3) is 5.05. The van der Waals surface area contributed by atoms with Gasteiger partial charge in [0, 0.05) is 42.5 Å². The van der Waals surface area contributed by atoms with Crippen molar-refractivity contribution in [3.63, 3.8) is 0 Å². The average molecular weight is 358 g/mol. The zero-order valence-electron chi connectivity index (χ0n) is 13.8. The molecule has 1 amide bonds. The van der Waals surface area contributed by atoms with Gasteiger partial charge in [-0.25, -0.2) is 4.98 Å². The van der Waals surface area contributed by atoms with Crippen LogP contribution < -0.4 is 10.2 Å². The summed E-state index contributed by atoms with van der Waals surface area (Å²) in [6.45, 7) is 3.46. The second-order valence-electron chi connectivity index (χ2n) is 5.69. The molecule has 3 rings (SSSR count). The second-order valence-corrected chi connectivity index (χ2v) is 6.12. The number of nitrogens with one attached hydrogen (secondary N) is 1. The molecule has 2 aromatic rings. The maximum Gasteiger partial charge on any atom is 0.244 e. The first-order valence-electron chi connectivity index (χ1n) is 8.20. The predicted molar refractivity (Wildman–Crippen MR) is 99.6 cm³/mol. The Morgan fingerprint density at radius 1 is 1.24 bits per heavy atom. The van der Waals surface area contributed by atoms with E-state index in [-0.39, 0.29) is 5.91 Å². The Bertz CT molecular complexity index is 741. The maximum absolute atomic E-state index is 12.1. The molecule has 0 spiro atoms. The molecular formula is C19H20ClN3O2. The summed E-state index contributed by atoms with van der Waals surface area (Å²) in [4.78, 5) is 18.7. The largest absolute Gasteiger partial charge is 0.378 e. The Labute approximate surface area is 152 Å². The van der Waals surface area contributed by atoms with Crippen molar-refractivity contribution in [3.05, 3.63) is 64.8 Å². The van der Waals surface area contributed by atoms with Crippen LogP contribution in [-0.4, -0.2) is 37.2 Å². The highest BCUT2D eigenvalue weighted by atomic mass is 35.5. The lowest BCUT2D eigenvalue weighted by atomic mass is 10.2. The number of anilines is 1. The molecule has 130 valence electrons. The maximum atomic E-state index is 12.1. The summed E-state index contributed by atoms with van der Waals surface area (Å²) in [5.74, 6) is 0.763. The molecule has 0 saturated carbocycles. The average Bonchev–Trinajstić information content (AvgIpc) is 2.67. The van der Waals surface area contributed by atoms with E-state index in [1.165, 1.54) is 6.08 Å². The van der Waals surface area contributed by atoms with E-state index >= 15 is 0 Å². The van der Waals surface area contributed by atoms with Crippen molar-refractivity contribution in [2.45, 2.75) is 6.54 Å². The number of benzene rings is 1. The number of hydrogen-bond acceptors (Lipinski definition) is 4. The van der Waals surface area contributed by atoms with Crippen LogP contribution in [-0.2, 0) is 16.1 Å². The molecule has 5 nitrogen and oxygen atoms in total. The summed E-state index contributed by atoms with van der Waals surface area (Å²) in [5.41, 5.74) is 1.92. The van der Waals surface area contributed by atoms with E-state index in [9.17, 15) is 4.79 Å². The Hall–Kier alpha value is -2.37. The van der Waals surface area contributed by atoms with Gasteiger partial charge in [-0.2, -0.15) is 0 Å². The minimum absolute atomic E-state index is 0.147. The van der Waals surface area contributed by atoms with Crippen molar-refractivity contribution in [2.75, 3.05) is 31.2 Å². The van der Waals surface area contributed by atoms with Crippen LogP contribution in [0.3, 0.4) is 0 Å². The fourth-order valence-corrected chi connectivity index (χ4v) is 2.74. The van der Waals surface area contributed by atoms with Gasteiger partial charge in [-0.05, 0) is 29.8 Å². The molecule has 2 heterocycles. The van der Waals surface area contributed by atoms with Gasteiger partial charge in [-0.3, -0.25) is 4.79 Å². The summed E-state index contributed by atoms with van der Waals surface area (Å²) in [6, 6.07) is 11.2. The van der Waals surface area contributed by atoms with Crippen LogP contribution in [0.2, 0.25) is 5.02 Å². The van der Waals surface area contributed by atoms with E-state index in [1.54, 1.807) is 24.4 Å². The number of carbonyl (C=O) groups excluding carboxylic acids is 1. The number of hydrogen-bond donors (Lipinski definition) is 1. The molecular weight excluding hydrogens is 338 g/mol. The Morgan fingerprint density at radius 2 is 2.00 bits per heavy atom. The van der Waals surface area contributed by atoms with E-state index in [2.05, 4.69) is 15.2 Å². The third-order valence-electron chi connectivity index (χ3n) is 3.93. The van der Waals surface area contributed by atoms with Crippen molar-refractivity contribution >= 4 is 29.4 Å². The van der Waals surface area contributed by atoms with E-state index < -0.39 is 0 Å². The van der Waals surface area contributed by atoms with Gasteiger partial charge in [0.05, 0.1) is 13.2 Å². The molecule has 1 fully saturated rings. The smallest absolute Gasteiger partial charge is 0.244 e. The zero-order chi connectivity index (χ0) is 17.5. The van der Waals surface area contributed by atoms with Crippen molar-refractivity contribution in [3.8, 4) is 0 Å². The number of amides is 1. The van der Waals surface area contributed by atoms with Crippen LogP contribution in [0.15, 0.2) is 48.7 Å². The SMILES string of the molecule is O=C(/C=C/c1ccc(Cl)cc1)NCc1cccnc1N1CCOCC1. The molecule has 0 atom stereocenters. The highest BCUT2D eigenvalue weighted by Gasteiger charge is 2.15. The van der Waals surface area contributed by atoms with Crippen LogP contribution in [0.25, 0.3) is 6.08 Å². The van der Waals surface area contributed by atoms with Crippen LogP contribution in [0.5, 0.6) is 0 Å². The zero-order valence-corrected chi connectivity index (χ0v) is 14.6. The van der Waals surface area contributed by atoms with Crippen molar-refractivity contribution in [1.29, 1.82) is 0 Å². The number of halogens is 1. The number of ether oxygens (including phenoxy) is 1. The molecule has 1 aliphatic heterocycles. The molecule has 0 radical (unpaired) electrons. The van der Waals surface area contributed by atoms with Crippen molar-refractivity contribution < 1.29 is 9.53 Å². The molecule has 1 aromatic heterocycles. The Kier molecular flexibility index (Phi) is 6.04. The summed E-state index contributed by atoms with van der Waals surface area (Å²) in [5, 5.41) is 3.59. The fraction of sp³-hybridized carbons (Fsp3) is 0.263. The number of carbonyl (C=O) groups is 1. The monoisotopic (exact) mass is 357 g/mol. The topological polar surface area (TPSA) is 54.5 Å². The van der Waals surface area contributed by atoms with E-state index in [0.29, 0.717) is 24.8 Å². The van der Waals surface area contributed by atoms with Gasteiger partial charge in [-0.15, -0.1) is 0 Å². The van der Waals surface area contributed by atoms with Crippen molar-refractivity contribution in [1.82, 2.24) is 10.3 Å². The first kappa shape index (κ1) is 17.5. The van der Waals surface area contributed by atoms with E-state index in [0.717, 1.165) is 30.0 Å². The molecule has 1 aliphatic rings. The lowest BCUT2D eigenvalue weighted by molar-refractivity contribution is -0.116. The minimum Gasteiger partial charge on any atom is -0.378 e. The number of pyridine rings is 1.